The van der Waals surface area contributed by atoms with Gasteiger partial charge in [-0.1, -0.05) is 40.5 Å². The van der Waals surface area contributed by atoms with Crippen molar-refractivity contribution in [1.82, 2.24) is 10.1 Å². The quantitative estimate of drug-likeness (QED) is 0.257. The third kappa shape index (κ3) is 5.07. The lowest BCUT2D eigenvalue weighted by molar-refractivity contribution is -0.108. The molecule has 35 heavy (non-hydrogen) atoms. The number of hydrogen-bond donors (Lipinski definition) is 0. The predicted molar refractivity (Wildman–Crippen MR) is 137 cm³/mol. The highest BCUT2D eigenvalue weighted by Crippen LogP contribution is 2.40. The smallest absolute Gasteiger partial charge is 0.270 e. The first kappa shape index (κ1) is 25.6. The SMILES string of the molecule is COC(C)OCN(c1onc(C)c1Cl)S(=O)(=O)c1c(Cc2ccc(C)cc2C)sc2ncccc12. The Bertz CT molecular complexity index is 1470. The van der Waals surface area contributed by atoms with Gasteiger partial charge in [-0.15, -0.1) is 11.3 Å². The van der Waals surface area contributed by atoms with Crippen molar-refractivity contribution in [2.24, 2.45) is 0 Å². The highest BCUT2D eigenvalue weighted by atomic mass is 35.5. The molecule has 0 N–H and O–H groups in total. The van der Waals surface area contributed by atoms with Crippen molar-refractivity contribution in [2.45, 2.75) is 45.3 Å². The molecule has 3 aromatic heterocycles. The number of ether oxygens (including phenoxy) is 2. The number of sulfonamides is 1. The van der Waals surface area contributed by atoms with Crippen LogP contribution in [0.15, 0.2) is 45.9 Å². The Morgan fingerprint density at radius 3 is 2.66 bits per heavy atom. The number of aryl methyl sites for hydroxylation is 3. The Hall–Kier alpha value is -2.50. The summed E-state index contributed by atoms with van der Waals surface area (Å²) in [6.45, 7) is 6.96. The van der Waals surface area contributed by atoms with E-state index in [-0.39, 0.29) is 22.5 Å². The summed E-state index contributed by atoms with van der Waals surface area (Å²) in [5.41, 5.74) is 3.63. The molecule has 4 aromatic rings. The highest BCUT2D eigenvalue weighted by molar-refractivity contribution is 7.93. The zero-order chi connectivity index (χ0) is 25.3. The third-order valence-corrected chi connectivity index (χ3v) is 9.16. The van der Waals surface area contributed by atoms with E-state index < -0.39 is 16.3 Å². The molecule has 1 unspecified atom stereocenters. The summed E-state index contributed by atoms with van der Waals surface area (Å²) in [6.07, 6.45) is 1.41. The summed E-state index contributed by atoms with van der Waals surface area (Å²) >= 11 is 7.73. The van der Waals surface area contributed by atoms with Gasteiger partial charge in [0.1, 0.15) is 27.2 Å². The van der Waals surface area contributed by atoms with Crippen LogP contribution >= 0.6 is 22.9 Å². The van der Waals surface area contributed by atoms with Crippen LogP contribution in [0, 0.1) is 20.8 Å². The van der Waals surface area contributed by atoms with Gasteiger partial charge in [0.2, 0.25) is 0 Å². The Balaban J connectivity index is 1.88. The summed E-state index contributed by atoms with van der Waals surface area (Å²) in [4.78, 5) is 5.84. The standard InChI is InChI=1S/C24H26ClN3O5S2/c1-14-8-9-18(15(2)11-14)12-20-22(19-7-6-10-26-23(19)34-20)35(29,30)28(13-32-17(4)31-5)24-21(25)16(3)27-33-24/h6-11,17H,12-13H2,1-5H3. The van der Waals surface area contributed by atoms with E-state index in [9.17, 15) is 8.42 Å². The Morgan fingerprint density at radius 1 is 1.23 bits per heavy atom. The van der Waals surface area contributed by atoms with Crippen LogP contribution in [0.1, 0.15) is 34.2 Å². The molecule has 0 bridgehead atoms. The fourth-order valence-corrected chi connectivity index (χ4v) is 7.01. The molecule has 0 aliphatic heterocycles. The lowest BCUT2D eigenvalue weighted by atomic mass is 10.0. The van der Waals surface area contributed by atoms with Crippen molar-refractivity contribution in [3.05, 3.63) is 68.8 Å². The number of fused-ring (bicyclic) bond motifs is 1. The van der Waals surface area contributed by atoms with Gasteiger partial charge < -0.3 is 14.0 Å². The molecule has 1 atom stereocenters. The maximum absolute atomic E-state index is 14.3. The van der Waals surface area contributed by atoms with E-state index in [0.29, 0.717) is 27.2 Å². The molecule has 0 saturated heterocycles. The van der Waals surface area contributed by atoms with Crippen LogP contribution in [0.25, 0.3) is 10.2 Å². The molecule has 0 amide bonds. The Kier molecular flexibility index (Phi) is 7.48. The van der Waals surface area contributed by atoms with E-state index >= 15 is 0 Å². The number of pyridine rings is 1. The monoisotopic (exact) mass is 535 g/mol. The number of nitrogens with zero attached hydrogens (tertiary/aromatic N) is 3. The maximum atomic E-state index is 14.3. The van der Waals surface area contributed by atoms with Crippen molar-refractivity contribution < 1.29 is 22.4 Å². The van der Waals surface area contributed by atoms with Gasteiger partial charge in [0.05, 0.1) is 0 Å². The Morgan fingerprint density at radius 2 is 2.00 bits per heavy atom. The van der Waals surface area contributed by atoms with Gasteiger partial charge >= 0.3 is 0 Å². The fraction of sp³-hybridized carbons (Fsp3) is 0.333. The second-order valence-electron chi connectivity index (χ2n) is 8.16. The number of halogens is 1. The second kappa shape index (κ2) is 10.2. The molecule has 0 saturated carbocycles. The van der Waals surface area contributed by atoms with Crippen LogP contribution in [0.2, 0.25) is 5.02 Å². The first-order valence-electron chi connectivity index (χ1n) is 10.8. The van der Waals surface area contributed by atoms with Crippen LogP contribution in [-0.2, 0) is 25.9 Å². The molecule has 11 heteroatoms. The first-order valence-corrected chi connectivity index (χ1v) is 13.5. The summed E-state index contributed by atoms with van der Waals surface area (Å²) in [6, 6.07) is 9.59. The number of hydrogen-bond acceptors (Lipinski definition) is 8. The van der Waals surface area contributed by atoms with E-state index in [2.05, 4.69) is 16.2 Å². The molecule has 1 aromatic carbocycles. The first-order chi connectivity index (χ1) is 16.6. The van der Waals surface area contributed by atoms with Crippen LogP contribution in [0.3, 0.4) is 0 Å². The molecule has 0 radical (unpaired) electrons. The van der Waals surface area contributed by atoms with Gasteiger partial charge in [-0.25, -0.2) is 17.7 Å². The van der Waals surface area contributed by atoms with Crippen LogP contribution in [0.4, 0.5) is 5.88 Å². The highest BCUT2D eigenvalue weighted by Gasteiger charge is 2.36. The molecule has 186 valence electrons. The number of rotatable bonds is 9. The number of anilines is 1. The summed E-state index contributed by atoms with van der Waals surface area (Å²) in [5.74, 6) is -0.117. The van der Waals surface area contributed by atoms with E-state index in [0.717, 1.165) is 21.0 Å². The molecule has 0 spiro atoms. The second-order valence-corrected chi connectivity index (χ2v) is 11.4. The zero-order valence-corrected chi connectivity index (χ0v) is 22.4. The summed E-state index contributed by atoms with van der Waals surface area (Å²) in [5, 5.41) is 4.46. The number of aromatic nitrogens is 2. The summed E-state index contributed by atoms with van der Waals surface area (Å²) < 4.78 is 45.6. The van der Waals surface area contributed by atoms with Crippen molar-refractivity contribution in [3.8, 4) is 0 Å². The minimum atomic E-state index is -4.22. The molecule has 0 aliphatic rings. The van der Waals surface area contributed by atoms with E-state index in [4.69, 9.17) is 25.6 Å². The van der Waals surface area contributed by atoms with Gasteiger partial charge in [-0.2, -0.15) is 0 Å². The average Bonchev–Trinajstić information content (AvgIpc) is 3.35. The van der Waals surface area contributed by atoms with Crippen molar-refractivity contribution in [3.63, 3.8) is 0 Å². The van der Waals surface area contributed by atoms with Crippen LogP contribution in [-0.4, -0.2) is 38.7 Å². The predicted octanol–water partition coefficient (Wildman–Crippen LogP) is 5.62. The van der Waals surface area contributed by atoms with E-state index in [1.54, 1.807) is 32.2 Å². The maximum Gasteiger partial charge on any atom is 0.270 e. The molecule has 0 aliphatic carbocycles. The number of thiophene rings is 1. The van der Waals surface area contributed by atoms with Gasteiger partial charge in [-0.05, 0) is 51.0 Å². The topological polar surface area (TPSA) is 94.8 Å². The average molecular weight is 536 g/mol. The number of benzene rings is 1. The molecule has 8 nitrogen and oxygen atoms in total. The number of methoxy groups -OCH3 is 1. The lowest BCUT2D eigenvalue weighted by Crippen LogP contribution is -2.35. The van der Waals surface area contributed by atoms with Crippen LogP contribution in [0.5, 0.6) is 0 Å². The van der Waals surface area contributed by atoms with Crippen molar-refractivity contribution in [1.29, 1.82) is 0 Å². The van der Waals surface area contributed by atoms with E-state index in [1.165, 1.54) is 18.4 Å². The molecule has 3 heterocycles. The zero-order valence-electron chi connectivity index (χ0n) is 20.0. The lowest BCUT2D eigenvalue weighted by Gasteiger charge is -2.23. The van der Waals surface area contributed by atoms with Gasteiger partial charge in [0.25, 0.3) is 15.9 Å². The third-order valence-electron chi connectivity index (χ3n) is 5.65. The molecular formula is C24H26ClN3O5S2. The Labute approximate surface area is 213 Å². The largest absolute Gasteiger partial charge is 0.356 e. The van der Waals surface area contributed by atoms with Gasteiger partial charge in [0, 0.05) is 30.0 Å². The normalized spacial score (nSPS) is 12.9. The van der Waals surface area contributed by atoms with Gasteiger partial charge in [-0.3, -0.25) is 0 Å². The van der Waals surface area contributed by atoms with E-state index in [1.807, 2.05) is 26.0 Å². The summed E-state index contributed by atoms with van der Waals surface area (Å²) in [7, 11) is -2.75. The molecular weight excluding hydrogens is 510 g/mol. The minimum absolute atomic E-state index is 0.0934. The van der Waals surface area contributed by atoms with Gasteiger partial charge in [0.15, 0.2) is 6.29 Å². The fourth-order valence-electron chi connectivity index (χ4n) is 3.66. The minimum Gasteiger partial charge on any atom is -0.356 e. The van der Waals surface area contributed by atoms with Crippen molar-refractivity contribution >= 4 is 49.1 Å². The molecule has 0 fully saturated rings. The van der Waals surface area contributed by atoms with Crippen molar-refractivity contribution in [2.75, 3.05) is 18.1 Å². The van der Waals surface area contributed by atoms with Crippen LogP contribution < -0.4 is 4.31 Å². The molecule has 4 rings (SSSR count).